The maximum atomic E-state index is 12.3. The molecule has 0 spiro atoms. The highest BCUT2D eigenvalue weighted by molar-refractivity contribution is 9.10. The van der Waals surface area contributed by atoms with Crippen LogP contribution < -0.4 is 9.46 Å². The molecule has 0 saturated carbocycles. The predicted octanol–water partition coefficient (Wildman–Crippen LogP) is 2.31. The van der Waals surface area contributed by atoms with E-state index in [0.717, 1.165) is 12.8 Å². The zero-order valence-corrected chi connectivity index (χ0v) is 13.9. The number of rotatable bonds is 5. The van der Waals surface area contributed by atoms with Crippen LogP contribution in [0.5, 0.6) is 5.75 Å². The number of ether oxygens (including phenoxy) is 2. The number of hydrogen-bond acceptors (Lipinski definition) is 4. The maximum Gasteiger partial charge on any atom is 0.240 e. The lowest BCUT2D eigenvalue weighted by atomic mass is 10.0. The van der Waals surface area contributed by atoms with Crippen LogP contribution in [0.3, 0.4) is 0 Å². The van der Waals surface area contributed by atoms with Gasteiger partial charge in [-0.15, -0.1) is 0 Å². The summed E-state index contributed by atoms with van der Waals surface area (Å²) in [5, 5.41) is 0. The molecule has 5 nitrogen and oxygen atoms in total. The fourth-order valence-corrected chi connectivity index (χ4v) is 4.00. The Morgan fingerprint density at radius 2 is 2.25 bits per heavy atom. The van der Waals surface area contributed by atoms with Gasteiger partial charge in [-0.3, -0.25) is 0 Å². The third kappa shape index (κ3) is 3.52. The third-order valence-electron chi connectivity index (χ3n) is 3.37. The minimum atomic E-state index is -3.55. The second-order valence-corrected chi connectivity index (χ2v) is 7.64. The standard InChI is InChI=1S/C13H18BrNO4S/c1-13(6-3-7-19-13)9-15-20(16,17)10-4-5-12(18-2)11(14)8-10/h4-5,8,15H,3,6-7,9H2,1-2H3. The molecule has 1 heterocycles. The van der Waals surface area contributed by atoms with Gasteiger partial charge in [0.25, 0.3) is 0 Å². The summed E-state index contributed by atoms with van der Waals surface area (Å²) in [4.78, 5) is 0.201. The number of halogens is 1. The first-order chi connectivity index (χ1) is 9.36. The summed E-state index contributed by atoms with van der Waals surface area (Å²) in [5.74, 6) is 0.593. The van der Waals surface area contributed by atoms with Crippen molar-refractivity contribution in [2.75, 3.05) is 20.3 Å². The summed E-state index contributed by atoms with van der Waals surface area (Å²) in [5.41, 5.74) is -0.406. The van der Waals surface area contributed by atoms with Gasteiger partial charge in [0.15, 0.2) is 0 Å². The molecule has 1 saturated heterocycles. The number of methoxy groups -OCH3 is 1. The van der Waals surface area contributed by atoms with E-state index in [9.17, 15) is 8.42 Å². The van der Waals surface area contributed by atoms with Gasteiger partial charge in [0, 0.05) is 13.2 Å². The molecule has 1 atom stereocenters. The molecule has 0 aliphatic carbocycles. The molecule has 1 unspecified atom stereocenters. The van der Waals surface area contributed by atoms with Crippen LogP contribution in [0, 0.1) is 0 Å². The van der Waals surface area contributed by atoms with Crippen molar-refractivity contribution in [3.05, 3.63) is 22.7 Å². The molecule has 1 aromatic rings. The van der Waals surface area contributed by atoms with Gasteiger partial charge in [0.1, 0.15) is 5.75 Å². The number of benzene rings is 1. The Bertz CT molecular complexity index is 582. The number of sulfonamides is 1. The summed E-state index contributed by atoms with van der Waals surface area (Å²) in [6.07, 6.45) is 1.83. The van der Waals surface area contributed by atoms with Crippen molar-refractivity contribution in [2.24, 2.45) is 0 Å². The summed E-state index contributed by atoms with van der Waals surface area (Å²) >= 11 is 3.29. The van der Waals surface area contributed by atoms with Crippen LogP contribution >= 0.6 is 15.9 Å². The Kier molecular flexibility index (Phi) is 4.73. The molecule has 1 fully saturated rings. The van der Waals surface area contributed by atoms with E-state index in [1.807, 2.05) is 6.92 Å². The highest BCUT2D eigenvalue weighted by Gasteiger charge is 2.31. The minimum Gasteiger partial charge on any atom is -0.496 e. The fraction of sp³-hybridized carbons (Fsp3) is 0.538. The first-order valence-electron chi connectivity index (χ1n) is 6.33. The molecule has 1 aliphatic heterocycles. The first-order valence-corrected chi connectivity index (χ1v) is 8.61. The van der Waals surface area contributed by atoms with Crippen molar-refractivity contribution in [3.63, 3.8) is 0 Å². The van der Waals surface area contributed by atoms with Gasteiger partial charge in [0.05, 0.1) is 22.1 Å². The van der Waals surface area contributed by atoms with Gasteiger partial charge in [-0.1, -0.05) is 0 Å². The van der Waals surface area contributed by atoms with Gasteiger partial charge >= 0.3 is 0 Å². The molecule has 2 rings (SSSR count). The third-order valence-corrected chi connectivity index (χ3v) is 5.39. The van der Waals surface area contributed by atoms with E-state index in [2.05, 4.69) is 20.7 Å². The molecule has 0 aromatic heterocycles. The Labute approximate surface area is 127 Å². The van der Waals surface area contributed by atoms with Crippen molar-refractivity contribution in [2.45, 2.75) is 30.3 Å². The maximum absolute atomic E-state index is 12.3. The number of nitrogens with one attached hydrogen (secondary N) is 1. The van der Waals surface area contributed by atoms with E-state index in [0.29, 0.717) is 16.8 Å². The molecule has 0 bridgehead atoms. The lowest BCUT2D eigenvalue weighted by Gasteiger charge is -2.23. The monoisotopic (exact) mass is 363 g/mol. The van der Waals surface area contributed by atoms with E-state index in [1.165, 1.54) is 19.2 Å². The van der Waals surface area contributed by atoms with Crippen LogP contribution in [-0.2, 0) is 14.8 Å². The summed E-state index contributed by atoms with van der Waals surface area (Å²) in [7, 11) is -2.02. The second-order valence-electron chi connectivity index (χ2n) is 5.02. The van der Waals surface area contributed by atoms with Gasteiger partial charge in [-0.05, 0) is 53.9 Å². The molecule has 7 heteroatoms. The lowest BCUT2D eigenvalue weighted by Crippen LogP contribution is -2.40. The molecule has 0 amide bonds. The van der Waals surface area contributed by atoms with Crippen LogP contribution in [0.4, 0.5) is 0 Å². The lowest BCUT2D eigenvalue weighted by molar-refractivity contribution is 0.0250. The van der Waals surface area contributed by atoms with Gasteiger partial charge in [-0.25, -0.2) is 13.1 Å². The summed E-state index contributed by atoms with van der Waals surface area (Å²) in [6, 6.07) is 4.66. The molecule has 1 N–H and O–H groups in total. The first kappa shape index (κ1) is 15.8. The van der Waals surface area contributed by atoms with E-state index in [-0.39, 0.29) is 11.4 Å². The van der Waals surface area contributed by atoms with Crippen molar-refractivity contribution in [3.8, 4) is 5.75 Å². The largest absolute Gasteiger partial charge is 0.496 e. The van der Waals surface area contributed by atoms with Gasteiger partial charge in [0.2, 0.25) is 10.0 Å². The van der Waals surface area contributed by atoms with E-state index >= 15 is 0 Å². The summed E-state index contributed by atoms with van der Waals surface area (Å²) < 4.78 is 38.4. The normalized spacial score (nSPS) is 22.9. The van der Waals surface area contributed by atoms with Crippen LogP contribution in [0.2, 0.25) is 0 Å². The van der Waals surface area contributed by atoms with E-state index in [4.69, 9.17) is 9.47 Å². The van der Waals surface area contributed by atoms with Crippen LogP contribution in [0.1, 0.15) is 19.8 Å². The van der Waals surface area contributed by atoms with Crippen molar-refractivity contribution >= 4 is 26.0 Å². The zero-order valence-electron chi connectivity index (χ0n) is 11.5. The average molecular weight is 364 g/mol. The smallest absolute Gasteiger partial charge is 0.240 e. The molecule has 1 aliphatic rings. The molecule has 112 valence electrons. The predicted molar refractivity (Wildman–Crippen MR) is 79.5 cm³/mol. The Morgan fingerprint density at radius 3 is 2.80 bits per heavy atom. The van der Waals surface area contributed by atoms with E-state index in [1.54, 1.807) is 6.07 Å². The minimum absolute atomic E-state index is 0.201. The van der Waals surface area contributed by atoms with Gasteiger partial charge < -0.3 is 9.47 Å². The number of hydrogen-bond donors (Lipinski definition) is 1. The molecular weight excluding hydrogens is 346 g/mol. The molecule has 20 heavy (non-hydrogen) atoms. The van der Waals surface area contributed by atoms with E-state index < -0.39 is 15.6 Å². The van der Waals surface area contributed by atoms with Crippen molar-refractivity contribution < 1.29 is 17.9 Å². The second kappa shape index (κ2) is 6.01. The topological polar surface area (TPSA) is 64.6 Å². The van der Waals surface area contributed by atoms with Crippen molar-refractivity contribution in [1.29, 1.82) is 0 Å². The highest BCUT2D eigenvalue weighted by Crippen LogP contribution is 2.28. The van der Waals surface area contributed by atoms with Crippen LogP contribution in [-0.4, -0.2) is 34.3 Å². The fourth-order valence-electron chi connectivity index (χ4n) is 2.12. The molecule has 1 aromatic carbocycles. The molecule has 0 radical (unpaired) electrons. The SMILES string of the molecule is COc1ccc(S(=O)(=O)NCC2(C)CCCO2)cc1Br. The summed E-state index contributed by atoms with van der Waals surface area (Å²) in [6.45, 7) is 2.89. The van der Waals surface area contributed by atoms with Gasteiger partial charge in [-0.2, -0.15) is 0 Å². The molecular formula is C13H18BrNO4S. The quantitative estimate of drug-likeness (QED) is 0.871. The highest BCUT2D eigenvalue weighted by atomic mass is 79.9. The van der Waals surface area contributed by atoms with Crippen LogP contribution in [0.15, 0.2) is 27.6 Å². The Hall–Kier alpha value is -0.630. The zero-order chi connectivity index (χ0) is 14.8. The average Bonchev–Trinajstić information content (AvgIpc) is 2.84. The van der Waals surface area contributed by atoms with Crippen molar-refractivity contribution in [1.82, 2.24) is 4.72 Å². The van der Waals surface area contributed by atoms with Crippen LogP contribution in [0.25, 0.3) is 0 Å². The Balaban J connectivity index is 2.12. The Morgan fingerprint density at radius 1 is 1.50 bits per heavy atom.